The smallest absolute Gasteiger partial charge is 0.212 e. The summed E-state index contributed by atoms with van der Waals surface area (Å²) >= 11 is 0. The molecule has 1 rings (SSSR count). The van der Waals surface area contributed by atoms with Gasteiger partial charge in [0, 0.05) is 6.07 Å². The average molecular weight is 155 g/mol. The van der Waals surface area contributed by atoms with Crippen LogP contribution in [0.4, 0.5) is 5.82 Å². The van der Waals surface area contributed by atoms with Crippen LogP contribution in [0.3, 0.4) is 0 Å². The van der Waals surface area contributed by atoms with Crippen molar-refractivity contribution in [3.8, 4) is 0 Å². The number of nitrogens with zero attached hydrogens (tertiary/aromatic N) is 1. The Kier molecular flexibility index (Phi) is 2.22. The van der Waals surface area contributed by atoms with Crippen molar-refractivity contribution in [2.75, 3.05) is 5.32 Å². The molecule has 1 atom stereocenters. The first-order valence-corrected chi connectivity index (χ1v) is 3.17. The van der Waals surface area contributed by atoms with Gasteiger partial charge in [-0.25, -0.2) is 0 Å². The molecule has 3 N–H and O–H groups in total. The van der Waals surface area contributed by atoms with Gasteiger partial charge in [-0.2, -0.15) is 5.10 Å². The Labute approximate surface area is 63.4 Å². The van der Waals surface area contributed by atoms with E-state index in [9.17, 15) is 4.79 Å². The zero-order valence-corrected chi connectivity index (χ0v) is 6.03. The Morgan fingerprint density at radius 2 is 2.64 bits per heavy atom. The maximum Gasteiger partial charge on any atom is 0.212 e. The van der Waals surface area contributed by atoms with Gasteiger partial charge in [0.25, 0.3) is 0 Å². The highest BCUT2D eigenvalue weighted by Crippen LogP contribution is 2.11. The van der Waals surface area contributed by atoms with Gasteiger partial charge in [-0.3, -0.25) is 9.89 Å². The van der Waals surface area contributed by atoms with Crippen molar-refractivity contribution < 1.29 is 9.90 Å². The maximum absolute atomic E-state index is 9.93. The van der Waals surface area contributed by atoms with E-state index < -0.39 is 6.10 Å². The Morgan fingerprint density at radius 3 is 3.09 bits per heavy atom. The molecule has 1 heterocycles. The van der Waals surface area contributed by atoms with Crippen LogP contribution in [0.1, 0.15) is 18.7 Å². The van der Waals surface area contributed by atoms with E-state index in [0.717, 1.165) is 0 Å². The molecule has 0 aliphatic rings. The number of hydrogen-bond acceptors (Lipinski definition) is 3. The molecule has 11 heavy (non-hydrogen) atoms. The summed E-state index contributed by atoms with van der Waals surface area (Å²) in [4.78, 5) is 9.93. The van der Waals surface area contributed by atoms with E-state index >= 15 is 0 Å². The van der Waals surface area contributed by atoms with Gasteiger partial charge in [-0.05, 0) is 6.92 Å². The fourth-order valence-electron chi connectivity index (χ4n) is 0.685. The normalized spacial score (nSPS) is 12.5. The van der Waals surface area contributed by atoms with E-state index in [-0.39, 0.29) is 0 Å². The number of aliphatic hydroxyl groups excluding tert-OH is 1. The number of H-pyrrole nitrogens is 1. The van der Waals surface area contributed by atoms with E-state index in [0.29, 0.717) is 17.9 Å². The van der Waals surface area contributed by atoms with E-state index in [4.69, 9.17) is 5.11 Å². The summed E-state index contributed by atoms with van der Waals surface area (Å²) < 4.78 is 0. The number of carbonyl (C=O) groups is 1. The molecule has 0 saturated heterocycles. The van der Waals surface area contributed by atoms with Crippen LogP contribution < -0.4 is 5.32 Å². The summed E-state index contributed by atoms with van der Waals surface area (Å²) in [6.07, 6.45) is -0.0631. The Morgan fingerprint density at radius 1 is 1.91 bits per heavy atom. The van der Waals surface area contributed by atoms with E-state index in [2.05, 4.69) is 15.5 Å². The molecule has 5 heteroatoms. The molecular weight excluding hydrogens is 146 g/mol. The Balaban J connectivity index is 2.73. The molecular formula is C6H9N3O2. The topological polar surface area (TPSA) is 78.0 Å². The van der Waals surface area contributed by atoms with Crippen molar-refractivity contribution in [1.82, 2.24) is 10.2 Å². The van der Waals surface area contributed by atoms with Crippen molar-refractivity contribution in [3.63, 3.8) is 0 Å². The van der Waals surface area contributed by atoms with E-state index in [1.54, 1.807) is 13.0 Å². The second-order valence-electron chi connectivity index (χ2n) is 2.15. The monoisotopic (exact) mass is 155 g/mol. The fraction of sp³-hybridized carbons (Fsp3) is 0.333. The molecule has 0 saturated carbocycles. The second-order valence-corrected chi connectivity index (χ2v) is 2.15. The summed E-state index contributed by atoms with van der Waals surface area (Å²) in [7, 11) is 0. The molecule has 1 aromatic rings. The van der Waals surface area contributed by atoms with Crippen LogP contribution in [0, 0.1) is 0 Å². The van der Waals surface area contributed by atoms with Crippen LogP contribution in [0.15, 0.2) is 6.07 Å². The summed E-state index contributed by atoms with van der Waals surface area (Å²) in [5, 5.41) is 17.6. The zero-order chi connectivity index (χ0) is 8.27. The third-order valence-corrected chi connectivity index (χ3v) is 1.25. The van der Waals surface area contributed by atoms with Gasteiger partial charge >= 0.3 is 0 Å². The highest BCUT2D eigenvalue weighted by atomic mass is 16.3. The van der Waals surface area contributed by atoms with Crippen molar-refractivity contribution in [2.45, 2.75) is 13.0 Å². The summed E-state index contributed by atoms with van der Waals surface area (Å²) in [6.45, 7) is 1.61. The van der Waals surface area contributed by atoms with Gasteiger partial charge in [-0.1, -0.05) is 0 Å². The molecule has 5 nitrogen and oxygen atoms in total. The van der Waals surface area contributed by atoms with Crippen LogP contribution >= 0.6 is 0 Å². The average Bonchev–Trinajstić information content (AvgIpc) is 2.37. The number of rotatable bonds is 3. The first-order valence-electron chi connectivity index (χ1n) is 3.17. The molecule has 1 unspecified atom stereocenters. The summed E-state index contributed by atoms with van der Waals surface area (Å²) in [5.41, 5.74) is 0.578. The van der Waals surface area contributed by atoms with Gasteiger partial charge in [-0.15, -0.1) is 0 Å². The number of aromatic amines is 1. The molecule has 1 amide bonds. The lowest BCUT2D eigenvalue weighted by atomic mass is 10.3. The number of nitrogens with one attached hydrogen (secondary N) is 2. The number of amides is 1. The van der Waals surface area contributed by atoms with Crippen molar-refractivity contribution in [3.05, 3.63) is 11.8 Å². The highest BCUT2D eigenvalue weighted by Gasteiger charge is 2.03. The largest absolute Gasteiger partial charge is 0.387 e. The van der Waals surface area contributed by atoms with Crippen LogP contribution in [0.2, 0.25) is 0 Å². The van der Waals surface area contributed by atoms with Gasteiger partial charge in [0.15, 0.2) is 5.82 Å². The van der Waals surface area contributed by atoms with Crippen LogP contribution in [0.5, 0.6) is 0 Å². The molecule has 1 aromatic heterocycles. The molecule has 0 aliphatic carbocycles. The third kappa shape index (κ3) is 1.78. The van der Waals surface area contributed by atoms with Crippen LogP contribution in [0.25, 0.3) is 0 Å². The first-order chi connectivity index (χ1) is 5.24. The third-order valence-electron chi connectivity index (χ3n) is 1.25. The van der Waals surface area contributed by atoms with Crippen LogP contribution in [-0.2, 0) is 4.79 Å². The van der Waals surface area contributed by atoms with Crippen molar-refractivity contribution in [1.29, 1.82) is 0 Å². The van der Waals surface area contributed by atoms with Crippen LogP contribution in [-0.4, -0.2) is 21.7 Å². The number of carbonyl (C=O) groups excluding carboxylic acids is 1. The molecule has 0 fully saturated rings. The van der Waals surface area contributed by atoms with Gasteiger partial charge in [0.05, 0.1) is 11.8 Å². The van der Waals surface area contributed by atoms with Crippen molar-refractivity contribution in [2.24, 2.45) is 0 Å². The summed E-state index contributed by atoms with van der Waals surface area (Å²) in [5.74, 6) is 0.413. The number of aromatic nitrogens is 2. The molecule has 0 spiro atoms. The Hall–Kier alpha value is -1.36. The fourth-order valence-corrected chi connectivity index (χ4v) is 0.685. The minimum Gasteiger partial charge on any atom is -0.387 e. The molecule has 0 bridgehead atoms. The van der Waals surface area contributed by atoms with E-state index in [1.165, 1.54) is 0 Å². The van der Waals surface area contributed by atoms with Gasteiger partial charge < -0.3 is 10.4 Å². The minimum absolute atomic E-state index is 0.413. The molecule has 0 aliphatic heterocycles. The number of anilines is 1. The number of aliphatic hydroxyl groups is 1. The molecule has 60 valence electrons. The lowest BCUT2D eigenvalue weighted by Gasteiger charge is -1.95. The predicted octanol–water partition coefficient (Wildman–Crippen LogP) is 0.0313. The van der Waals surface area contributed by atoms with Gasteiger partial charge in [0.1, 0.15) is 0 Å². The minimum atomic E-state index is -0.593. The predicted molar refractivity (Wildman–Crippen MR) is 38.9 cm³/mol. The zero-order valence-electron chi connectivity index (χ0n) is 6.03. The second kappa shape index (κ2) is 3.16. The maximum atomic E-state index is 9.93. The lowest BCUT2D eigenvalue weighted by Crippen LogP contribution is -1.92. The standard InChI is InChI=1S/C6H9N3O2/c1-4(11)5-2-6(7-3-10)9-8-5/h2-4,11H,1H3,(H2,7,8,9,10). The first kappa shape index (κ1) is 7.74. The Bertz CT molecular complexity index is 244. The summed E-state index contributed by atoms with van der Waals surface area (Å²) in [6, 6.07) is 1.57. The van der Waals surface area contributed by atoms with Crippen molar-refractivity contribution >= 4 is 12.2 Å². The number of hydrogen-bond donors (Lipinski definition) is 3. The SMILES string of the molecule is CC(O)c1cc(NC=O)n[nH]1. The quantitative estimate of drug-likeness (QED) is 0.539. The molecule has 0 radical (unpaired) electrons. The highest BCUT2D eigenvalue weighted by molar-refractivity contribution is 5.68. The molecule has 0 aromatic carbocycles. The van der Waals surface area contributed by atoms with Gasteiger partial charge in [0.2, 0.25) is 6.41 Å². The lowest BCUT2D eigenvalue weighted by molar-refractivity contribution is -0.105. The van der Waals surface area contributed by atoms with E-state index in [1.807, 2.05) is 0 Å².